The zero-order chi connectivity index (χ0) is 30.8. The molecule has 1 saturated heterocycles. The van der Waals surface area contributed by atoms with Crippen LogP contribution in [0.1, 0.15) is 66.6 Å². The maximum atomic E-state index is 13.3. The van der Waals surface area contributed by atoms with Gasteiger partial charge < -0.3 is 9.64 Å². The maximum Gasteiger partial charge on any atom is 0.243 e. The highest BCUT2D eigenvalue weighted by Gasteiger charge is 2.48. The molecule has 3 aliphatic rings. The first-order chi connectivity index (χ1) is 22.1. The van der Waals surface area contributed by atoms with Crippen molar-refractivity contribution in [3.05, 3.63) is 120 Å². The number of hydrogen-bond acceptors (Lipinski definition) is 6. The average molecular weight is 604 g/mol. The van der Waals surface area contributed by atoms with Crippen molar-refractivity contribution in [1.82, 2.24) is 25.2 Å². The molecule has 3 aromatic rings. The van der Waals surface area contributed by atoms with E-state index in [0.29, 0.717) is 37.1 Å². The first kappa shape index (κ1) is 30.5. The van der Waals surface area contributed by atoms with Crippen molar-refractivity contribution in [2.75, 3.05) is 6.61 Å². The summed E-state index contributed by atoms with van der Waals surface area (Å²) in [6.45, 7) is 1.61. The molecular weight excluding hydrogens is 562 g/mol. The van der Waals surface area contributed by atoms with E-state index in [2.05, 4.69) is 57.0 Å². The summed E-state index contributed by atoms with van der Waals surface area (Å²) in [7, 11) is 0. The van der Waals surface area contributed by atoms with Gasteiger partial charge in [0.15, 0.2) is 5.78 Å². The Morgan fingerprint density at radius 2 is 1.91 bits per heavy atom. The number of ether oxygens (including phenoxy) is 1. The third kappa shape index (κ3) is 7.94. The highest BCUT2D eigenvalue weighted by Crippen LogP contribution is 2.32. The van der Waals surface area contributed by atoms with Gasteiger partial charge in [0.05, 0.1) is 18.3 Å². The molecule has 2 fully saturated rings. The number of nitrogens with zero attached hydrogens (tertiary/aromatic N) is 4. The third-order valence-electron chi connectivity index (χ3n) is 8.67. The largest absolute Gasteiger partial charge is 0.494 e. The van der Waals surface area contributed by atoms with Crippen molar-refractivity contribution in [3.8, 4) is 5.75 Å². The molecule has 2 atom stereocenters. The number of aryl methyl sites for hydroxylation is 1. The van der Waals surface area contributed by atoms with Gasteiger partial charge in [-0.15, -0.1) is 5.10 Å². The molecule has 2 heterocycles. The molecule has 6 rings (SSSR count). The molecule has 0 spiro atoms. The van der Waals surface area contributed by atoms with Crippen LogP contribution in [-0.2, 0) is 17.9 Å². The molecule has 1 N–H and O–H groups in total. The Hall–Kier alpha value is -4.56. The lowest BCUT2D eigenvalue weighted by molar-refractivity contribution is -0.153. The van der Waals surface area contributed by atoms with Gasteiger partial charge in [-0.05, 0) is 48.6 Å². The van der Waals surface area contributed by atoms with Crippen LogP contribution in [0.4, 0.5) is 0 Å². The maximum absolute atomic E-state index is 13.3. The Morgan fingerprint density at radius 1 is 1.04 bits per heavy atom. The second kappa shape index (κ2) is 14.9. The standard InChI is InChI=1S/C37H41N5O3/c43-35(22-20-29-13-7-8-14-29)30-15-9-18-33(25-30)45-24-10-23-41-27-31(39-40-41)26-38-36-34(21-19-28-11-3-1-4-12-28)42(37(36)44)32-16-5-2-6-17-32/h1,3-4,7,9,11-15,18-22,25,27,32,34,36,38H,2,5-6,8,10,16-17,23-24,26H2/b21-19+,22-20+/t34-,36+/m1/s1. The zero-order valence-corrected chi connectivity index (χ0v) is 25.6. The quantitative estimate of drug-likeness (QED) is 0.104. The van der Waals surface area contributed by atoms with Gasteiger partial charge in [-0.3, -0.25) is 19.6 Å². The molecule has 8 nitrogen and oxygen atoms in total. The molecule has 0 radical (unpaired) electrons. The SMILES string of the molecule is O=C(/C=C/C1=CCC=C1)c1cccc(OCCCn2cc(CN[C@@H]3C(=O)N(C4CCCCC4)[C@@H]3/C=C/c3ccccc3)nn2)c1. The van der Waals surface area contributed by atoms with Gasteiger partial charge in [-0.2, -0.15) is 0 Å². The number of carbonyl (C=O) groups is 2. The van der Waals surface area contributed by atoms with Crippen LogP contribution in [0.2, 0.25) is 0 Å². The van der Waals surface area contributed by atoms with E-state index in [9.17, 15) is 9.59 Å². The Kier molecular flexibility index (Phi) is 10.1. The number of likely N-dealkylation sites (tertiary alicyclic amines) is 1. The van der Waals surface area contributed by atoms with Crippen LogP contribution in [0, 0.1) is 0 Å². The number of hydrogen-bond donors (Lipinski definition) is 1. The van der Waals surface area contributed by atoms with Gasteiger partial charge >= 0.3 is 0 Å². The molecule has 45 heavy (non-hydrogen) atoms. The molecule has 1 aromatic heterocycles. The predicted molar refractivity (Wildman–Crippen MR) is 175 cm³/mol. The number of benzene rings is 2. The summed E-state index contributed by atoms with van der Waals surface area (Å²) < 4.78 is 7.73. The first-order valence-corrected chi connectivity index (χ1v) is 16.1. The van der Waals surface area contributed by atoms with Crippen molar-refractivity contribution in [2.45, 2.75) is 76.2 Å². The van der Waals surface area contributed by atoms with Crippen LogP contribution in [-0.4, -0.2) is 56.3 Å². The Morgan fingerprint density at radius 3 is 2.73 bits per heavy atom. The molecule has 1 aliphatic heterocycles. The van der Waals surface area contributed by atoms with Crippen molar-refractivity contribution in [1.29, 1.82) is 0 Å². The molecule has 0 unspecified atom stereocenters. The number of allylic oxidation sites excluding steroid dienone is 6. The first-order valence-electron chi connectivity index (χ1n) is 16.1. The van der Waals surface area contributed by atoms with Crippen molar-refractivity contribution >= 4 is 17.8 Å². The molecule has 2 aromatic carbocycles. The van der Waals surface area contributed by atoms with Crippen LogP contribution < -0.4 is 10.1 Å². The van der Waals surface area contributed by atoms with Gasteiger partial charge in [-0.25, -0.2) is 0 Å². The molecular formula is C37H41N5O3. The topological polar surface area (TPSA) is 89.4 Å². The lowest BCUT2D eigenvalue weighted by Gasteiger charge is -2.51. The van der Waals surface area contributed by atoms with Gasteiger partial charge in [0.25, 0.3) is 0 Å². The lowest BCUT2D eigenvalue weighted by atomic mass is 9.85. The summed E-state index contributed by atoms with van der Waals surface area (Å²) in [5.74, 6) is 0.801. The Bertz CT molecular complexity index is 1580. The fraction of sp³-hybridized carbons (Fsp3) is 0.351. The van der Waals surface area contributed by atoms with Gasteiger partial charge in [0.1, 0.15) is 11.8 Å². The van der Waals surface area contributed by atoms with E-state index in [0.717, 1.165) is 42.5 Å². The van der Waals surface area contributed by atoms with Gasteiger partial charge in [0.2, 0.25) is 5.91 Å². The van der Waals surface area contributed by atoms with Crippen LogP contribution in [0.5, 0.6) is 5.75 Å². The lowest BCUT2D eigenvalue weighted by Crippen LogP contribution is -2.71. The predicted octanol–water partition coefficient (Wildman–Crippen LogP) is 6.09. The highest BCUT2D eigenvalue weighted by atomic mass is 16.5. The fourth-order valence-electron chi connectivity index (χ4n) is 6.27. The fourth-order valence-corrected chi connectivity index (χ4v) is 6.27. The number of amides is 1. The van der Waals surface area contributed by atoms with E-state index in [1.807, 2.05) is 48.7 Å². The smallest absolute Gasteiger partial charge is 0.243 e. The molecule has 1 saturated carbocycles. The summed E-state index contributed by atoms with van der Waals surface area (Å²) >= 11 is 0. The van der Waals surface area contributed by atoms with E-state index in [1.165, 1.54) is 19.3 Å². The van der Waals surface area contributed by atoms with E-state index < -0.39 is 0 Å². The molecule has 232 valence electrons. The van der Waals surface area contributed by atoms with Crippen LogP contribution in [0.3, 0.4) is 0 Å². The molecule has 8 heteroatoms. The van der Waals surface area contributed by atoms with Crippen LogP contribution >= 0.6 is 0 Å². The van der Waals surface area contributed by atoms with Crippen LogP contribution in [0.25, 0.3) is 6.08 Å². The Labute approximate surface area is 265 Å². The average Bonchev–Trinajstić information content (AvgIpc) is 3.77. The van der Waals surface area contributed by atoms with Gasteiger partial charge in [-0.1, -0.05) is 103 Å². The highest BCUT2D eigenvalue weighted by molar-refractivity contribution is 6.05. The number of aromatic nitrogens is 3. The normalized spacial score (nSPS) is 20.2. The second-order valence-electron chi connectivity index (χ2n) is 11.9. The molecule has 2 aliphatic carbocycles. The number of β-lactam (4-membered cyclic amide) rings is 1. The van der Waals surface area contributed by atoms with E-state index in [-0.39, 0.29) is 23.8 Å². The number of carbonyl (C=O) groups excluding carboxylic acids is 2. The second-order valence-corrected chi connectivity index (χ2v) is 11.9. The Balaban J connectivity index is 0.973. The summed E-state index contributed by atoms with van der Waals surface area (Å²) in [6, 6.07) is 17.6. The summed E-state index contributed by atoms with van der Waals surface area (Å²) in [5, 5.41) is 12.1. The summed E-state index contributed by atoms with van der Waals surface area (Å²) in [5.41, 5.74) is 3.59. The van der Waals surface area contributed by atoms with Crippen molar-refractivity contribution in [3.63, 3.8) is 0 Å². The summed E-state index contributed by atoms with van der Waals surface area (Å²) in [6.07, 6.45) is 23.3. The van der Waals surface area contributed by atoms with Crippen molar-refractivity contribution in [2.24, 2.45) is 0 Å². The minimum absolute atomic E-state index is 0.0275. The van der Waals surface area contributed by atoms with E-state index in [1.54, 1.807) is 22.9 Å². The minimum Gasteiger partial charge on any atom is -0.494 e. The number of nitrogens with one attached hydrogen (secondary N) is 1. The van der Waals surface area contributed by atoms with Crippen LogP contribution in [0.15, 0.2) is 103 Å². The minimum atomic E-state index is -0.264. The monoisotopic (exact) mass is 603 g/mol. The molecule has 0 bridgehead atoms. The van der Waals surface area contributed by atoms with Crippen molar-refractivity contribution < 1.29 is 14.3 Å². The number of rotatable bonds is 14. The zero-order valence-electron chi connectivity index (χ0n) is 25.6. The van der Waals surface area contributed by atoms with Gasteiger partial charge in [0, 0.05) is 37.3 Å². The van der Waals surface area contributed by atoms with E-state index >= 15 is 0 Å². The summed E-state index contributed by atoms with van der Waals surface area (Å²) in [4.78, 5) is 28.0. The third-order valence-corrected chi connectivity index (χ3v) is 8.67. The van der Waals surface area contributed by atoms with E-state index in [4.69, 9.17) is 4.74 Å². The molecule has 1 amide bonds. The number of ketones is 1.